The molecule has 3 atom stereocenters. The molecular weight excluding hydrogens is 412 g/mol. The number of carbonyl (C=O) groups excluding carboxylic acids is 1. The lowest BCUT2D eigenvalue weighted by molar-refractivity contribution is 0.0821. The molecule has 3 aromatic carbocycles. The number of ether oxygens (including phenoxy) is 1. The minimum absolute atomic E-state index is 0.194. The first-order valence-corrected chi connectivity index (χ1v) is 10.6. The van der Waals surface area contributed by atoms with Crippen molar-refractivity contribution in [2.24, 2.45) is 10.5 Å². The van der Waals surface area contributed by atoms with Gasteiger partial charge in [0.05, 0.1) is 25.5 Å². The first kappa shape index (κ1) is 20.5. The number of ketones is 1. The molecular formula is C27H20N4O2. The number of Topliss-reactive ketones (excluding diaryl/α,β-unsaturated/α-hetero) is 1. The fourth-order valence-corrected chi connectivity index (χ4v) is 5.06. The zero-order valence-electron chi connectivity index (χ0n) is 17.9. The average molecular weight is 432 g/mol. The number of hydrazone groups is 1. The first-order valence-electron chi connectivity index (χ1n) is 10.6. The highest BCUT2D eigenvalue weighted by Gasteiger charge is 2.64. The second kappa shape index (κ2) is 7.93. The number of hydrogen-bond donors (Lipinski definition) is 0. The maximum atomic E-state index is 13.9. The number of methoxy groups -OCH3 is 1. The highest BCUT2D eigenvalue weighted by Crippen LogP contribution is 2.59. The SMILES string of the molecule is COc1ccc(C(=O)[C@H]2[C@H](c3ccccc3)C(C#N)(C#N)[C@@H]3c4ccccc4C=NN32)cc1. The predicted octanol–water partition coefficient (Wildman–Crippen LogP) is 4.47. The van der Waals surface area contributed by atoms with Crippen LogP contribution in [0, 0.1) is 28.1 Å². The molecule has 2 aliphatic heterocycles. The summed E-state index contributed by atoms with van der Waals surface area (Å²) in [5.41, 5.74) is 1.39. The summed E-state index contributed by atoms with van der Waals surface area (Å²) in [7, 11) is 1.57. The molecule has 33 heavy (non-hydrogen) atoms. The molecule has 6 heteroatoms. The number of fused-ring (bicyclic) bond motifs is 3. The third-order valence-corrected chi connectivity index (χ3v) is 6.58. The summed E-state index contributed by atoms with van der Waals surface area (Å²) < 4.78 is 5.23. The van der Waals surface area contributed by atoms with Crippen LogP contribution in [0.15, 0.2) is 84.0 Å². The highest BCUT2D eigenvalue weighted by atomic mass is 16.5. The number of nitrogens with zero attached hydrogens (tertiary/aromatic N) is 4. The van der Waals surface area contributed by atoms with Crippen LogP contribution in [0.3, 0.4) is 0 Å². The van der Waals surface area contributed by atoms with E-state index in [2.05, 4.69) is 17.2 Å². The molecule has 0 spiro atoms. The van der Waals surface area contributed by atoms with Crippen LogP contribution >= 0.6 is 0 Å². The van der Waals surface area contributed by atoms with E-state index < -0.39 is 23.4 Å². The van der Waals surface area contributed by atoms with E-state index in [0.29, 0.717) is 11.3 Å². The van der Waals surface area contributed by atoms with Crippen molar-refractivity contribution >= 4 is 12.0 Å². The molecule has 0 unspecified atom stereocenters. The third-order valence-electron chi connectivity index (χ3n) is 6.58. The molecule has 0 saturated carbocycles. The van der Waals surface area contributed by atoms with Crippen molar-refractivity contribution in [3.05, 3.63) is 101 Å². The van der Waals surface area contributed by atoms with Gasteiger partial charge in [0.2, 0.25) is 0 Å². The smallest absolute Gasteiger partial charge is 0.187 e. The van der Waals surface area contributed by atoms with Crippen LogP contribution < -0.4 is 4.74 Å². The minimum Gasteiger partial charge on any atom is -0.497 e. The number of rotatable bonds is 4. The lowest BCUT2D eigenvalue weighted by Gasteiger charge is -2.33. The number of hydrogen-bond acceptors (Lipinski definition) is 6. The predicted molar refractivity (Wildman–Crippen MR) is 123 cm³/mol. The summed E-state index contributed by atoms with van der Waals surface area (Å²) in [5.74, 6) is -0.249. The molecule has 0 radical (unpaired) electrons. The van der Waals surface area contributed by atoms with Crippen molar-refractivity contribution in [3.63, 3.8) is 0 Å². The largest absolute Gasteiger partial charge is 0.497 e. The second-order valence-corrected chi connectivity index (χ2v) is 8.17. The van der Waals surface area contributed by atoms with Crippen LogP contribution in [0.2, 0.25) is 0 Å². The molecule has 3 aromatic rings. The highest BCUT2D eigenvalue weighted by molar-refractivity contribution is 6.02. The molecule has 2 heterocycles. The fourth-order valence-electron chi connectivity index (χ4n) is 5.06. The van der Waals surface area contributed by atoms with Crippen LogP contribution in [0.25, 0.3) is 0 Å². The Morgan fingerprint density at radius 3 is 2.30 bits per heavy atom. The second-order valence-electron chi connectivity index (χ2n) is 8.17. The van der Waals surface area contributed by atoms with E-state index >= 15 is 0 Å². The quantitative estimate of drug-likeness (QED) is 0.568. The maximum absolute atomic E-state index is 13.9. The molecule has 6 nitrogen and oxygen atoms in total. The Kier molecular flexibility index (Phi) is 4.92. The molecule has 0 aromatic heterocycles. The van der Waals surface area contributed by atoms with Gasteiger partial charge in [0.15, 0.2) is 11.2 Å². The summed E-state index contributed by atoms with van der Waals surface area (Å²) in [5, 5.41) is 27.2. The monoisotopic (exact) mass is 432 g/mol. The van der Waals surface area contributed by atoms with E-state index in [-0.39, 0.29) is 5.78 Å². The number of carbonyl (C=O) groups is 1. The van der Waals surface area contributed by atoms with Crippen LogP contribution in [0.4, 0.5) is 0 Å². The Labute approximate surface area is 192 Å². The molecule has 1 fully saturated rings. The van der Waals surface area contributed by atoms with Gasteiger partial charge in [0, 0.05) is 11.5 Å². The van der Waals surface area contributed by atoms with Gasteiger partial charge >= 0.3 is 0 Å². The molecule has 0 N–H and O–H groups in total. The standard InChI is InChI=1S/C27H20N4O2/c1-33-21-13-11-19(12-14-21)25(32)24-23(18-7-3-2-4-8-18)27(16-28,17-29)26-22-10-6-5-9-20(22)15-30-31(24)26/h2-15,23-24,26H,1H3/t23-,24+,26-/m0/s1. The van der Waals surface area contributed by atoms with Crippen LogP contribution in [0.5, 0.6) is 5.75 Å². The Morgan fingerprint density at radius 1 is 0.970 bits per heavy atom. The Balaban J connectivity index is 1.74. The van der Waals surface area contributed by atoms with Crippen LogP contribution in [0.1, 0.15) is 39.0 Å². The van der Waals surface area contributed by atoms with Gasteiger partial charge in [-0.2, -0.15) is 15.6 Å². The molecule has 2 aliphatic rings. The van der Waals surface area contributed by atoms with Crippen molar-refractivity contribution < 1.29 is 9.53 Å². The summed E-state index contributed by atoms with van der Waals surface area (Å²) in [6.45, 7) is 0. The summed E-state index contributed by atoms with van der Waals surface area (Å²) >= 11 is 0. The van der Waals surface area contributed by atoms with Gasteiger partial charge in [0.25, 0.3) is 0 Å². The minimum atomic E-state index is -1.51. The van der Waals surface area contributed by atoms with Gasteiger partial charge in [0.1, 0.15) is 17.8 Å². The van der Waals surface area contributed by atoms with E-state index in [0.717, 1.165) is 16.7 Å². The molecule has 0 amide bonds. The molecule has 1 saturated heterocycles. The normalized spacial score (nSPS) is 21.9. The zero-order chi connectivity index (χ0) is 23.0. The van der Waals surface area contributed by atoms with E-state index in [9.17, 15) is 15.3 Å². The molecule has 160 valence electrons. The summed E-state index contributed by atoms with van der Waals surface area (Å²) in [6.07, 6.45) is 1.70. The van der Waals surface area contributed by atoms with Crippen LogP contribution in [-0.2, 0) is 0 Å². The van der Waals surface area contributed by atoms with E-state index in [1.165, 1.54) is 0 Å². The molecule has 0 bridgehead atoms. The lowest BCUT2D eigenvalue weighted by Crippen LogP contribution is -2.38. The first-order chi connectivity index (χ1) is 16.1. The maximum Gasteiger partial charge on any atom is 0.187 e. The summed E-state index contributed by atoms with van der Waals surface area (Å²) in [4.78, 5) is 13.9. The average Bonchev–Trinajstić information content (AvgIpc) is 3.20. The van der Waals surface area contributed by atoms with Gasteiger partial charge in [-0.15, -0.1) is 0 Å². The van der Waals surface area contributed by atoms with Crippen molar-refractivity contribution in [3.8, 4) is 17.9 Å². The van der Waals surface area contributed by atoms with Crippen LogP contribution in [-0.4, -0.2) is 30.2 Å². The van der Waals surface area contributed by atoms with E-state index in [1.54, 1.807) is 42.6 Å². The molecule has 0 aliphatic carbocycles. The van der Waals surface area contributed by atoms with Gasteiger partial charge in [-0.1, -0.05) is 54.6 Å². The van der Waals surface area contributed by atoms with Gasteiger partial charge in [-0.3, -0.25) is 9.80 Å². The van der Waals surface area contributed by atoms with Gasteiger partial charge in [-0.05, 0) is 41.0 Å². The Bertz CT molecular complexity index is 1300. The van der Waals surface area contributed by atoms with Crippen molar-refractivity contribution in [2.45, 2.75) is 18.0 Å². The van der Waals surface area contributed by atoms with Crippen molar-refractivity contribution in [2.75, 3.05) is 7.11 Å². The fraction of sp³-hybridized carbons (Fsp3) is 0.185. The third kappa shape index (κ3) is 3.00. The topological polar surface area (TPSA) is 89.5 Å². The summed E-state index contributed by atoms with van der Waals surface area (Å²) in [6, 6.07) is 26.9. The number of benzene rings is 3. The lowest BCUT2D eigenvalue weighted by atomic mass is 9.67. The van der Waals surface area contributed by atoms with Gasteiger partial charge in [-0.25, -0.2) is 0 Å². The van der Waals surface area contributed by atoms with Crippen molar-refractivity contribution in [1.82, 2.24) is 5.01 Å². The van der Waals surface area contributed by atoms with E-state index in [1.807, 2.05) is 54.6 Å². The van der Waals surface area contributed by atoms with Crippen molar-refractivity contribution in [1.29, 1.82) is 10.5 Å². The Morgan fingerprint density at radius 2 is 1.64 bits per heavy atom. The van der Waals surface area contributed by atoms with Gasteiger partial charge < -0.3 is 4.74 Å². The zero-order valence-corrected chi connectivity index (χ0v) is 17.9. The molecule has 5 rings (SSSR count). The Hall–Kier alpha value is -4.42. The van der Waals surface area contributed by atoms with E-state index in [4.69, 9.17) is 4.74 Å². The number of nitriles is 2.